The Kier molecular flexibility index (Phi) is 5.72. The molecule has 0 spiro atoms. The number of hydrogen-bond acceptors (Lipinski definition) is 4. The predicted octanol–water partition coefficient (Wildman–Crippen LogP) is 2.14. The Morgan fingerprint density at radius 2 is 2.26 bits per heavy atom. The highest BCUT2D eigenvalue weighted by Gasteiger charge is 2.20. The quantitative estimate of drug-likeness (QED) is 0.619. The van der Waals surface area contributed by atoms with Crippen LogP contribution in [0.3, 0.4) is 0 Å². The van der Waals surface area contributed by atoms with Crippen LogP contribution >= 0.6 is 11.6 Å². The van der Waals surface area contributed by atoms with Gasteiger partial charge in [-0.05, 0) is 25.0 Å². The lowest BCUT2D eigenvalue weighted by atomic mass is 10.1. The summed E-state index contributed by atoms with van der Waals surface area (Å²) in [6.07, 6.45) is 0.499. The molecule has 0 aromatic heterocycles. The van der Waals surface area contributed by atoms with Crippen LogP contribution in [0.5, 0.6) is 0 Å². The summed E-state index contributed by atoms with van der Waals surface area (Å²) in [4.78, 5) is 22.0. The minimum absolute atomic E-state index is 0.0801. The van der Waals surface area contributed by atoms with E-state index in [2.05, 4.69) is 5.32 Å². The van der Waals surface area contributed by atoms with E-state index < -0.39 is 16.9 Å². The van der Waals surface area contributed by atoms with Gasteiger partial charge in [0.15, 0.2) is 0 Å². The fourth-order valence-corrected chi connectivity index (χ4v) is 1.67. The van der Waals surface area contributed by atoms with E-state index in [0.717, 1.165) is 0 Å². The number of amides is 1. The van der Waals surface area contributed by atoms with Crippen LogP contribution in [-0.4, -0.2) is 28.6 Å². The average Bonchev–Trinajstić information content (AvgIpc) is 2.37. The number of rotatable bonds is 6. The minimum Gasteiger partial charge on any atom is -0.393 e. The molecule has 7 heteroatoms. The maximum atomic E-state index is 11.8. The van der Waals surface area contributed by atoms with Crippen LogP contribution in [0, 0.1) is 10.1 Å². The Labute approximate surface area is 115 Å². The molecule has 1 aromatic rings. The van der Waals surface area contributed by atoms with Crippen molar-refractivity contribution >= 4 is 23.2 Å². The molecule has 1 rings (SSSR count). The molecule has 104 valence electrons. The van der Waals surface area contributed by atoms with Gasteiger partial charge in [0.2, 0.25) is 0 Å². The summed E-state index contributed by atoms with van der Waals surface area (Å²) in [5, 5.41) is 22.9. The first-order chi connectivity index (χ1) is 8.95. The maximum absolute atomic E-state index is 11.8. The smallest absolute Gasteiger partial charge is 0.282 e. The summed E-state index contributed by atoms with van der Waals surface area (Å²) in [7, 11) is 0. The number of nitro benzene ring substituents is 1. The number of nitrogens with zero attached hydrogens (tertiary/aromatic N) is 1. The van der Waals surface area contributed by atoms with Crippen molar-refractivity contribution in [1.29, 1.82) is 0 Å². The van der Waals surface area contributed by atoms with Gasteiger partial charge in [0.05, 0.1) is 11.0 Å². The molecule has 0 aliphatic rings. The second kappa shape index (κ2) is 7.06. The van der Waals surface area contributed by atoms with E-state index in [1.165, 1.54) is 18.2 Å². The molecule has 1 atom stereocenters. The maximum Gasteiger partial charge on any atom is 0.282 e. The van der Waals surface area contributed by atoms with Gasteiger partial charge in [-0.1, -0.05) is 18.5 Å². The van der Waals surface area contributed by atoms with Crippen molar-refractivity contribution in [3.63, 3.8) is 0 Å². The number of aliphatic hydroxyl groups is 1. The van der Waals surface area contributed by atoms with Crippen molar-refractivity contribution in [3.05, 3.63) is 38.9 Å². The molecule has 0 aliphatic carbocycles. The Hall–Kier alpha value is -1.66. The SMILES string of the molecule is CCC(O)CCNC(=O)c1cc(Cl)ccc1[N+](=O)[O-]. The van der Waals surface area contributed by atoms with Crippen molar-refractivity contribution in [3.8, 4) is 0 Å². The van der Waals surface area contributed by atoms with Crippen LogP contribution in [0.15, 0.2) is 18.2 Å². The third-order valence-electron chi connectivity index (χ3n) is 2.63. The van der Waals surface area contributed by atoms with E-state index in [1.54, 1.807) is 0 Å². The number of nitro groups is 1. The first kappa shape index (κ1) is 15.4. The van der Waals surface area contributed by atoms with Gasteiger partial charge in [0.25, 0.3) is 11.6 Å². The van der Waals surface area contributed by atoms with E-state index in [4.69, 9.17) is 11.6 Å². The zero-order valence-electron chi connectivity index (χ0n) is 10.4. The number of carbonyl (C=O) groups excluding carboxylic acids is 1. The summed E-state index contributed by atoms with van der Waals surface area (Å²) in [5.74, 6) is -0.572. The summed E-state index contributed by atoms with van der Waals surface area (Å²) in [6.45, 7) is 2.08. The molecule has 0 saturated carbocycles. The first-order valence-corrected chi connectivity index (χ1v) is 6.23. The van der Waals surface area contributed by atoms with Gasteiger partial charge < -0.3 is 10.4 Å². The topological polar surface area (TPSA) is 92.5 Å². The fourth-order valence-electron chi connectivity index (χ4n) is 1.50. The summed E-state index contributed by atoms with van der Waals surface area (Å²) >= 11 is 5.73. The standard InChI is InChI=1S/C12H15ClN2O4/c1-2-9(16)5-6-14-12(17)10-7-8(13)3-4-11(10)15(18)19/h3-4,7,9,16H,2,5-6H2,1H3,(H,14,17). The van der Waals surface area contributed by atoms with Crippen LogP contribution in [0.1, 0.15) is 30.1 Å². The molecule has 0 saturated heterocycles. The van der Waals surface area contributed by atoms with Gasteiger partial charge in [-0.3, -0.25) is 14.9 Å². The minimum atomic E-state index is -0.633. The summed E-state index contributed by atoms with van der Waals surface area (Å²) in [6, 6.07) is 3.81. The number of benzene rings is 1. The molecule has 6 nitrogen and oxygen atoms in total. The number of carbonyl (C=O) groups is 1. The largest absolute Gasteiger partial charge is 0.393 e. The van der Waals surface area contributed by atoms with Crippen molar-refractivity contribution in [1.82, 2.24) is 5.32 Å². The van der Waals surface area contributed by atoms with Crippen molar-refractivity contribution < 1.29 is 14.8 Å². The van der Waals surface area contributed by atoms with Gasteiger partial charge in [-0.15, -0.1) is 0 Å². The van der Waals surface area contributed by atoms with Crippen LogP contribution in [0.2, 0.25) is 5.02 Å². The van der Waals surface area contributed by atoms with Gasteiger partial charge >= 0.3 is 0 Å². The second-order valence-corrected chi connectivity index (χ2v) is 4.46. The van der Waals surface area contributed by atoms with Crippen molar-refractivity contribution in [2.45, 2.75) is 25.9 Å². The van der Waals surface area contributed by atoms with Crippen LogP contribution in [0.4, 0.5) is 5.69 Å². The number of hydrogen-bond donors (Lipinski definition) is 2. The molecule has 2 N–H and O–H groups in total. The van der Waals surface area contributed by atoms with Gasteiger partial charge in [0.1, 0.15) is 5.56 Å². The Morgan fingerprint density at radius 3 is 2.84 bits per heavy atom. The molecule has 1 unspecified atom stereocenters. The highest BCUT2D eigenvalue weighted by atomic mass is 35.5. The highest BCUT2D eigenvalue weighted by molar-refractivity contribution is 6.31. The van der Waals surface area contributed by atoms with E-state index in [1.807, 2.05) is 6.92 Å². The fraction of sp³-hybridized carbons (Fsp3) is 0.417. The average molecular weight is 287 g/mol. The van der Waals surface area contributed by atoms with Crippen LogP contribution in [-0.2, 0) is 0 Å². The Morgan fingerprint density at radius 1 is 1.58 bits per heavy atom. The van der Waals surface area contributed by atoms with Crippen LogP contribution < -0.4 is 5.32 Å². The molecule has 0 aliphatic heterocycles. The number of nitrogens with one attached hydrogen (secondary N) is 1. The van der Waals surface area contributed by atoms with E-state index in [0.29, 0.717) is 12.8 Å². The van der Waals surface area contributed by atoms with E-state index >= 15 is 0 Å². The zero-order valence-corrected chi connectivity index (χ0v) is 11.2. The van der Waals surface area contributed by atoms with Crippen molar-refractivity contribution in [2.24, 2.45) is 0 Å². The van der Waals surface area contributed by atoms with E-state index in [-0.39, 0.29) is 22.8 Å². The summed E-state index contributed by atoms with van der Waals surface area (Å²) < 4.78 is 0. The lowest BCUT2D eigenvalue weighted by Gasteiger charge is -2.09. The van der Waals surface area contributed by atoms with Gasteiger partial charge in [-0.2, -0.15) is 0 Å². The number of aliphatic hydroxyl groups excluding tert-OH is 1. The highest BCUT2D eigenvalue weighted by Crippen LogP contribution is 2.22. The molecule has 0 fully saturated rings. The van der Waals surface area contributed by atoms with Gasteiger partial charge in [-0.25, -0.2) is 0 Å². The molecule has 0 bridgehead atoms. The molecular formula is C12H15ClN2O4. The lowest BCUT2D eigenvalue weighted by Crippen LogP contribution is -2.27. The monoisotopic (exact) mass is 286 g/mol. The van der Waals surface area contributed by atoms with Crippen LogP contribution in [0.25, 0.3) is 0 Å². The molecule has 19 heavy (non-hydrogen) atoms. The molecule has 0 heterocycles. The third kappa shape index (κ3) is 4.50. The Balaban J connectivity index is 2.76. The third-order valence-corrected chi connectivity index (χ3v) is 2.87. The second-order valence-electron chi connectivity index (χ2n) is 4.03. The molecular weight excluding hydrogens is 272 g/mol. The van der Waals surface area contributed by atoms with E-state index in [9.17, 15) is 20.0 Å². The summed E-state index contributed by atoms with van der Waals surface area (Å²) in [5.41, 5.74) is -0.374. The Bertz CT molecular complexity index is 479. The molecule has 0 radical (unpaired) electrons. The van der Waals surface area contributed by atoms with Crippen molar-refractivity contribution in [2.75, 3.05) is 6.54 Å². The van der Waals surface area contributed by atoms with Gasteiger partial charge in [0, 0.05) is 17.6 Å². The lowest BCUT2D eigenvalue weighted by molar-refractivity contribution is -0.385. The first-order valence-electron chi connectivity index (χ1n) is 5.86. The zero-order chi connectivity index (χ0) is 14.4. The molecule has 1 amide bonds. The normalized spacial score (nSPS) is 11.9. The molecule has 1 aromatic carbocycles. The number of halogens is 1. The predicted molar refractivity (Wildman–Crippen MR) is 71.4 cm³/mol.